The number of hydrogen-bond donors (Lipinski definition) is 0. The van der Waals surface area contributed by atoms with Crippen LogP contribution in [0, 0.1) is 11.3 Å². The van der Waals surface area contributed by atoms with Gasteiger partial charge in [0.15, 0.2) is 0 Å². The highest BCUT2D eigenvalue weighted by Gasteiger charge is 2.41. The average molecular weight is 432 g/mol. The minimum absolute atomic E-state index is 0.167. The van der Waals surface area contributed by atoms with Gasteiger partial charge in [-0.1, -0.05) is 41.9 Å². The fourth-order valence-corrected chi connectivity index (χ4v) is 4.35. The lowest BCUT2D eigenvalue weighted by molar-refractivity contribution is 0.201. The van der Waals surface area contributed by atoms with Gasteiger partial charge < -0.3 is 9.47 Å². The molecule has 1 fully saturated rings. The summed E-state index contributed by atoms with van der Waals surface area (Å²) in [5, 5.41) is 0. The summed E-state index contributed by atoms with van der Waals surface area (Å²) in [7, 11) is 3.40. The average Bonchev–Trinajstić information content (AvgIpc) is 2.48. The fourth-order valence-electron chi connectivity index (χ4n) is 3.31. The van der Waals surface area contributed by atoms with Gasteiger partial charge in [0.05, 0.1) is 18.7 Å². The summed E-state index contributed by atoms with van der Waals surface area (Å²) in [6, 6.07) is 4.06. The van der Waals surface area contributed by atoms with E-state index in [1.54, 1.807) is 14.2 Å². The van der Waals surface area contributed by atoms with E-state index in [2.05, 4.69) is 58.4 Å². The Morgan fingerprint density at radius 2 is 1.86 bits per heavy atom. The monoisotopic (exact) mass is 430 g/mol. The highest BCUT2D eigenvalue weighted by molar-refractivity contribution is 9.10. The van der Waals surface area contributed by atoms with E-state index in [1.807, 2.05) is 6.07 Å². The molecule has 122 valence electrons. The van der Waals surface area contributed by atoms with Crippen LogP contribution < -0.4 is 9.47 Å². The zero-order chi connectivity index (χ0) is 16.5. The third-order valence-electron chi connectivity index (χ3n) is 4.90. The summed E-state index contributed by atoms with van der Waals surface area (Å²) < 4.78 is 11.9. The Labute approximate surface area is 150 Å². The van der Waals surface area contributed by atoms with Crippen molar-refractivity contribution in [2.45, 2.75) is 37.9 Å². The SMILES string of the molecule is C=C1CC[C@H](Br)C(C)(C)[C@@H]1Cc1cc(OC)c(Br)cc1OC. The Morgan fingerprint density at radius 3 is 2.45 bits per heavy atom. The molecule has 1 saturated carbocycles. The number of alkyl halides is 1. The Bertz CT molecular complexity index is 566. The van der Waals surface area contributed by atoms with Crippen LogP contribution in [0.3, 0.4) is 0 Å². The second-order valence-corrected chi connectivity index (χ2v) is 8.50. The summed E-state index contributed by atoms with van der Waals surface area (Å²) >= 11 is 7.38. The molecular formula is C18H24Br2O2. The first-order valence-corrected chi connectivity index (χ1v) is 9.24. The summed E-state index contributed by atoms with van der Waals surface area (Å²) in [6.07, 6.45) is 3.16. The number of methoxy groups -OCH3 is 2. The van der Waals surface area contributed by atoms with Gasteiger partial charge in [-0.05, 0) is 64.2 Å². The van der Waals surface area contributed by atoms with Crippen LogP contribution in [0.2, 0.25) is 0 Å². The number of halogens is 2. The molecule has 22 heavy (non-hydrogen) atoms. The zero-order valence-corrected chi connectivity index (χ0v) is 16.9. The van der Waals surface area contributed by atoms with Gasteiger partial charge in [0.2, 0.25) is 0 Å². The van der Waals surface area contributed by atoms with Gasteiger partial charge >= 0.3 is 0 Å². The predicted molar refractivity (Wildman–Crippen MR) is 99.3 cm³/mol. The third kappa shape index (κ3) is 3.38. The van der Waals surface area contributed by atoms with Crippen LogP contribution in [0.25, 0.3) is 0 Å². The van der Waals surface area contributed by atoms with Gasteiger partial charge in [-0.3, -0.25) is 0 Å². The molecule has 2 rings (SSSR count). The highest BCUT2D eigenvalue weighted by atomic mass is 79.9. The van der Waals surface area contributed by atoms with Crippen molar-refractivity contribution in [1.82, 2.24) is 0 Å². The minimum atomic E-state index is 0.167. The van der Waals surface area contributed by atoms with Crippen LogP contribution in [-0.2, 0) is 6.42 Å². The van der Waals surface area contributed by atoms with Crippen LogP contribution in [0.1, 0.15) is 32.3 Å². The summed E-state index contributed by atoms with van der Waals surface area (Å²) in [5.41, 5.74) is 2.67. The minimum Gasteiger partial charge on any atom is -0.496 e. The molecule has 0 radical (unpaired) electrons. The lowest BCUT2D eigenvalue weighted by Gasteiger charge is -2.44. The summed E-state index contributed by atoms with van der Waals surface area (Å²) in [5.74, 6) is 2.16. The zero-order valence-electron chi connectivity index (χ0n) is 13.7. The molecular weight excluding hydrogens is 408 g/mol. The van der Waals surface area contributed by atoms with Gasteiger partial charge in [0.1, 0.15) is 11.5 Å². The maximum absolute atomic E-state index is 5.57. The van der Waals surface area contributed by atoms with Gasteiger partial charge in [-0.25, -0.2) is 0 Å². The standard InChI is InChI=1S/C18H24Br2O2/c1-11-6-7-17(20)18(2,3)13(11)8-12-9-16(22-5)14(19)10-15(12)21-4/h9-10,13,17H,1,6-8H2,2-5H3/t13-,17+/m1/s1. The number of benzene rings is 1. The molecule has 2 atom stereocenters. The number of ether oxygens (including phenoxy) is 2. The summed E-state index contributed by atoms with van der Waals surface area (Å²) in [6.45, 7) is 8.98. The first-order chi connectivity index (χ1) is 10.3. The van der Waals surface area contributed by atoms with E-state index in [0.717, 1.165) is 35.2 Å². The largest absolute Gasteiger partial charge is 0.496 e. The lowest BCUT2D eigenvalue weighted by Crippen LogP contribution is -2.39. The van der Waals surface area contributed by atoms with Crippen molar-refractivity contribution in [3.8, 4) is 11.5 Å². The quantitative estimate of drug-likeness (QED) is 0.445. The van der Waals surface area contributed by atoms with E-state index in [-0.39, 0.29) is 5.41 Å². The molecule has 0 heterocycles. The van der Waals surface area contributed by atoms with E-state index in [9.17, 15) is 0 Å². The number of rotatable bonds is 4. The summed E-state index contributed by atoms with van der Waals surface area (Å²) in [4.78, 5) is 0.513. The maximum atomic E-state index is 5.57. The van der Waals surface area contributed by atoms with Gasteiger partial charge in [-0.15, -0.1) is 0 Å². The molecule has 0 spiro atoms. The molecule has 1 aliphatic rings. The van der Waals surface area contributed by atoms with Crippen molar-refractivity contribution in [2.24, 2.45) is 11.3 Å². The van der Waals surface area contributed by atoms with Crippen molar-refractivity contribution in [3.05, 3.63) is 34.3 Å². The second-order valence-electron chi connectivity index (χ2n) is 6.54. The molecule has 1 aromatic carbocycles. The van der Waals surface area contributed by atoms with E-state index >= 15 is 0 Å². The van der Waals surface area contributed by atoms with Crippen molar-refractivity contribution in [3.63, 3.8) is 0 Å². The smallest absolute Gasteiger partial charge is 0.133 e. The number of allylic oxidation sites excluding steroid dienone is 1. The molecule has 0 aliphatic heterocycles. The molecule has 0 unspecified atom stereocenters. The number of hydrogen-bond acceptors (Lipinski definition) is 2. The Kier molecular flexibility index (Phi) is 5.65. The second kappa shape index (κ2) is 6.96. The van der Waals surface area contributed by atoms with E-state index in [4.69, 9.17) is 9.47 Å². The molecule has 4 heteroatoms. The Morgan fingerprint density at radius 1 is 1.23 bits per heavy atom. The topological polar surface area (TPSA) is 18.5 Å². The molecule has 2 nitrogen and oxygen atoms in total. The molecule has 0 bridgehead atoms. The van der Waals surface area contributed by atoms with Crippen molar-refractivity contribution < 1.29 is 9.47 Å². The predicted octanol–water partition coefficient (Wildman–Crippen LogP) is 5.76. The first-order valence-electron chi connectivity index (χ1n) is 7.53. The molecule has 1 aliphatic carbocycles. The first kappa shape index (κ1) is 17.9. The van der Waals surface area contributed by atoms with Gasteiger partial charge in [-0.2, -0.15) is 0 Å². The van der Waals surface area contributed by atoms with E-state index in [1.165, 1.54) is 11.1 Å². The van der Waals surface area contributed by atoms with Crippen molar-refractivity contribution in [1.29, 1.82) is 0 Å². The Balaban J connectivity index is 2.38. The third-order valence-corrected chi connectivity index (χ3v) is 7.15. The van der Waals surface area contributed by atoms with E-state index < -0.39 is 0 Å². The van der Waals surface area contributed by atoms with Crippen molar-refractivity contribution in [2.75, 3.05) is 14.2 Å². The molecule has 0 saturated heterocycles. The molecule has 0 N–H and O–H groups in total. The van der Waals surface area contributed by atoms with Crippen LogP contribution in [-0.4, -0.2) is 19.0 Å². The van der Waals surface area contributed by atoms with E-state index in [0.29, 0.717) is 10.7 Å². The lowest BCUT2D eigenvalue weighted by atomic mass is 9.64. The van der Waals surface area contributed by atoms with Crippen molar-refractivity contribution >= 4 is 31.9 Å². The normalized spacial score (nSPS) is 24.2. The molecule has 0 amide bonds. The Hall–Kier alpha value is -0.480. The maximum Gasteiger partial charge on any atom is 0.133 e. The van der Waals surface area contributed by atoms with Gasteiger partial charge in [0, 0.05) is 4.83 Å². The van der Waals surface area contributed by atoms with Crippen LogP contribution >= 0.6 is 31.9 Å². The fraction of sp³-hybridized carbons (Fsp3) is 0.556. The van der Waals surface area contributed by atoms with Gasteiger partial charge in [0.25, 0.3) is 0 Å². The molecule has 0 aromatic heterocycles. The van der Waals surface area contributed by atoms with Crippen LogP contribution in [0.4, 0.5) is 0 Å². The molecule has 1 aromatic rings. The van der Waals surface area contributed by atoms with Crippen LogP contribution in [0.5, 0.6) is 11.5 Å². The van der Waals surface area contributed by atoms with Crippen LogP contribution in [0.15, 0.2) is 28.8 Å². The highest BCUT2D eigenvalue weighted by Crippen LogP contribution is 2.49.